The number of phenols is 1. The first-order valence-corrected chi connectivity index (χ1v) is 6.34. The number of benzene rings is 1. The number of ether oxygens (including phenoxy) is 2. The van der Waals surface area contributed by atoms with Crippen molar-refractivity contribution in [2.24, 2.45) is 5.73 Å². The van der Waals surface area contributed by atoms with Crippen LogP contribution in [0.5, 0.6) is 17.2 Å². The van der Waals surface area contributed by atoms with Crippen LogP contribution in [0.2, 0.25) is 0 Å². The highest BCUT2D eigenvalue weighted by molar-refractivity contribution is 7.08. The fourth-order valence-electron chi connectivity index (χ4n) is 1.85. The monoisotopic (exact) mass is 301 g/mol. The third-order valence-electron chi connectivity index (χ3n) is 2.74. The van der Waals surface area contributed by atoms with Crippen LogP contribution in [0.25, 0.3) is 0 Å². The summed E-state index contributed by atoms with van der Waals surface area (Å²) in [5.41, 5.74) is 7.95. The number of phenolic OH excluding ortho intramolecular Hbond substituents is 1. The molecule has 0 spiro atoms. The summed E-state index contributed by atoms with van der Waals surface area (Å²) in [6.07, 6.45) is 0. The number of nitrogens with two attached hydrogens (primary N) is 1. The van der Waals surface area contributed by atoms with Gasteiger partial charge in [-0.3, -0.25) is 0 Å². The second-order valence-electron chi connectivity index (χ2n) is 3.80. The van der Waals surface area contributed by atoms with Gasteiger partial charge in [0.15, 0.2) is 0 Å². The van der Waals surface area contributed by atoms with Gasteiger partial charge in [-0.1, -0.05) is 0 Å². The van der Waals surface area contributed by atoms with Crippen LogP contribution < -0.4 is 15.2 Å². The molecule has 1 heterocycles. The number of methoxy groups -OCH3 is 2. The van der Waals surface area contributed by atoms with Crippen LogP contribution >= 0.6 is 23.7 Å². The Bertz CT molecular complexity index is 506. The quantitative estimate of drug-likeness (QED) is 0.911. The van der Waals surface area contributed by atoms with Gasteiger partial charge in [0.05, 0.1) is 25.8 Å². The van der Waals surface area contributed by atoms with E-state index in [1.54, 1.807) is 11.3 Å². The van der Waals surface area contributed by atoms with Crippen LogP contribution in [0.1, 0.15) is 17.2 Å². The molecule has 6 heteroatoms. The van der Waals surface area contributed by atoms with Crippen molar-refractivity contribution >= 4 is 23.7 Å². The average Bonchev–Trinajstić information content (AvgIpc) is 2.90. The van der Waals surface area contributed by atoms with Crippen LogP contribution in [0.4, 0.5) is 0 Å². The van der Waals surface area contributed by atoms with Crippen LogP contribution in [0.3, 0.4) is 0 Å². The van der Waals surface area contributed by atoms with E-state index in [0.29, 0.717) is 11.5 Å². The highest BCUT2D eigenvalue weighted by atomic mass is 35.5. The summed E-state index contributed by atoms with van der Waals surface area (Å²) >= 11 is 1.58. The summed E-state index contributed by atoms with van der Waals surface area (Å²) in [5, 5.41) is 13.5. The fourth-order valence-corrected chi connectivity index (χ4v) is 2.55. The van der Waals surface area contributed by atoms with Gasteiger partial charge in [-0.2, -0.15) is 11.3 Å². The van der Waals surface area contributed by atoms with E-state index in [4.69, 9.17) is 15.2 Å². The predicted molar refractivity (Wildman–Crippen MR) is 78.8 cm³/mol. The Labute approximate surface area is 122 Å². The van der Waals surface area contributed by atoms with Crippen molar-refractivity contribution in [1.82, 2.24) is 0 Å². The average molecular weight is 302 g/mol. The van der Waals surface area contributed by atoms with E-state index in [1.165, 1.54) is 26.4 Å². The van der Waals surface area contributed by atoms with Gasteiger partial charge in [0.2, 0.25) is 0 Å². The van der Waals surface area contributed by atoms with Crippen LogP contribution in [-0.2, 0) is 0 Å². The Kier molecular flexibility index (Phi) is 5.47. The van der Waals surface area contributed by atoms with Crippen molar-refractivity contribution in [1.29, 1.82) is 0 Å². The maximum absolute atomic E-state index is 9.59. The second-order valence-corrected chi connectivity index (χ2v) is 4.58. The number of halogens is 1. The third kappa shape index (κ3) is 3.12. The van der Waals surface area contributed by atoms with Gasteiger partial charge in [0.1, 0.15) is 17.2 Å². The molecule has 0 bridgehead atoms. The van der Waals surface area contributed by atoms with Crippen LogP contribution in [-0.4, -0.2) is 19.3 Å². The standard InChI is InChI=1S/C13H15NO3S.ClH/c1-16-10-5-9(15)6-11(17-2)12(10)13(14)8-3-4-18-7-8;/h3-7,13,15H,14H2,1-2H3;1H/t13-;/m0./s1. The number of hydrogen-bond donors (Lipinski definition) is 2. The molecule has 0 aliphatic rings. The Balaban J connectivity index is 0.00000180. The number of aromatic hydroxyl groups is 1. The van der Waals surface area contributed by atoms with E-state index in [-0.39, 0.29) is 24.2 Å². The van der Waals surface area contributed by atoms with E-state index >= 15 is 0 Å². The van der Waals surface area contributed by atoms with Crippen molar-refractivity contribution in [2.45, 2.75) is 6.04 Å². The van der Waals surface area contributed by atoms with E-state index in [2.05, 4.69) is 0 Å². The molecule has 0 aliphatic carbocycles. The van der Waals surface area contributed by atoms with Crippen molar-refractivity contribution in [2.75, 3.05) is 14.2 Å². The topological polar surface area (TPSA) is 64.7 Å². The first kappa shape index (κ1) is 15.6. The van der Waals surface area contributed by atoms with Gasteiger partial charge >= 0.3 is 0 Å². The van der Waals surface area contributed by atoms with E-state index < -0.39 is 0 Å². The number of hydrogen-bond acceptors (Lipinski definition) is 5. The molecule has 0 saturated carbocycles. The molecule has 1 aromatic heterocycles. The molecule has 0 aliphatic heterocycles. The van der Waals surface area contributed by atoms with Gasteiger partial charge in [-0.05, 0) is 22.4 Å². The van der Waals surface area contributed by atoms with E-state index in [1.807, 2.05) is 16.8 Å². The zero-order valence-electron chi connectivity index (χ0n) is 10.6. The highest BCUT2D eigenvalue weighted by Crippen LogP contribution is 2.39. The van der Waals surface area contributed by atoms with Gasteiger partial charge in [-0.15, -0.1) is 12.4 Å². The second kappa shape index (κ2) is 6.65. The summed E-state index contributed by atoms with van der Waals surface area (Å²) in [6, 6.07) is 4.68. The molecule has 0 radical (unpaired) electrons. The van der Waals surface area contributed by atoms with Gasteiger partial charge < -0.3 is 20.3 Å². The number of thiophene rings is 1. The summed E-state index contributed by atoms with van der Waals surface area (Å²) in [4.78, 5) is 0. The minimum atomic E-state index is -0.346. The zero-order chi connectivity index (χ0) is 13.1. The summed E-state index contributed by atoms with van der Waals surface area (Å²) < 4.78 is 10.5. The number of rotatable bonds is 4. The normalized spacial score (nSPS) is 11.5. The Hall–Kier alpha value is -1.43. The summed E-state index contributed by atoms with van der Waals surface area (Å²) in [5.74, 6) is 1.13. The first-order valence-electron chi connectivity index (χ1n) is 5.40. The third-order valence-corrected chi connectivity index (χ3v) is 3.44. The van der Waals surface area contributed by atoms with Crippen LogP contribution in [0, 0.1) is 0 Å². The van der Waals surface area contributed by atoms with Gasteiger partial charge in [0, 0.05) is 12.1 Å². The fraction of sp³-hybridized carbons (Fsp3) is 0.231. The summed E-state index contributed by atoms with van der Waals surface area (Å²) in [7, 11) is 3.08. The lowest BCUT2D eigenvalue weighted by Gasteiger charge is -2.18. The van der Waals surface area contributed by atoms with Gasteiger partial charge in [0.25, 0.3) is 0 Å². The Morgan fingerprint density at radius 1 is 1.21 bits per heavy atom. The molecule has 4 nitrogen and oxygen atoms in total. The molecular formula is C13H16ClNO3S. The van der Waals surface area contributed by atoms with E-state index in [0.717, 1.165) is 11.1 Å². The van der Waals surface area contributed by atoms with Crippen LogP contribution in [0.15, 0.2) is 29.0 Å². The molecule has 3 N–H and O–H groups in total. The smallest absolute Gasteiger partial charge is 0.131 e. The largest absolute Gasteiger partial charge is 0.508 e. The summed E-state index contributed by atoms with van der Waals surface area (Å²) in [6.45, 7) is 0. The zero-order valence-corrected chi connectivity index (χ0v) is 12.3. The predicted octanol–water partition coefficient (Wildman–Crippen LogP) is 2.94. The highest BCUT2D eigenvalue weighted by Gasteiger charge is 2.20. The molecule has 0 unspecified atom stereocenters. The lowest BCUT2D eigenvalue weighted by Crippen LogP contribution is -2.13. The van der Waals surface area contributed by atoms with E-state index in [9.17, 15) is 5.11 Å². The van der Waals surface area contributed by atoms with Gasteiger partial charge in [-0.25, -0.2) is 0 Å². The maximum atomic E-state index is 9.59. The molecular weight excluding hydrogens is 286 g/mol. The molecule has 1 aromatic carbocycles. The van der Waals surface area contributed by atoms with Crippen molar-refractivity contribution in [3.63, 3.8) is 0 Å². The molecule has 0 fully saturated rings. The molecule has 1 atom stereocenters. The van der Waals surface area contributed by atoms with Crippen molar-refractivity contribution < 1.29 is 14.6 Å². The molecule has 2 rings (SSSR count). The maximum Gasteiger partial charge on any atom is 0.131 e. The van der Waals surface area contributed by atoms with Crippen molar-refractivity contribution in [3.05, 3.63) is 40.1 Å². The molecule has 0 amide bonds. The molecule has 104 valence electrons. The lowest BCUT2D eigenvalue weighted by atomic mass is 10.00. The minimum absolute atomic E-state index is 0. The Morgan fingerprint density at radius 2 is 1.79 bits per heavy atom. The molecule has 19 heavy (non-hydrogen) atoms. The van der Waals surface area contributed by atoms with Crippen molar-refractivity contribution in [3.8, 4) is 17.2 Å². The minimum Gasteiger partial charge on any atom is -0.508 e. The molecule has 2 aromatic rings. The first-order chi connectivity index (χ1) is 8.67. The molecule has 0 saturated heterocycles. The Morgan fingerprint density at radius 3 is 2.21 bits per heavy atom. The lowest BCUT2D eigenvalue weighted by molar-refractivity contribution is 0.374. The SMILES string of the molecule is COc1cc(O)cc(OC)c1[C@@H](N)c1ccsc1.Cl.